The highest BCUT2D eigenvalue weighted by atomic mass is 35.5. The summed E-state index contributed by atoms with van der Waals surface area (Å²) in [6.45, 7) is 5.07. The number of pyridine rings is 1. The summed E-state index contributed by atoms with van der Waals surface area (Å²) in [6.07, 6.45) is 0.680. The number of ether oxygens (including phenoxy) is 2. The molecule has 0 unspecified atom stereocenters. The van der Waals surface area contributed by atoms with E-state index in [1.54, 1.807) is 4.57 Å². The maximum absolute atomic E-state index is 12.7. The lowest BCUT2D eigenvalue weighted by Crippen LogP contribution is -2.26. The minimum absolute atomic E-state index is 0.0948. The van der Waals surface area contributed by atoms with Crippen molar-refractivity contribution < 1.29 is 9.47 Å². The summed E-state index contributed by atoms with van der Waals surface area (Å²) < 4.78 is 13.1. The molecule has 0 aliphatic rings. The molecule has 0 aliphatic heterocycles. The van der Waals surface area contributed by atoms with Crippen molar-refractivity contribution in [3.8, 4) is 11.5 Å². The second-order valence-corrected chi connectivity index (χ2v) is 7.46. The van der Waals surface area contributed by atoms with Gasteiger partial charge in [-0.05, 0) is 44.0 Å². The number of aryl methyl sites for hydroxylation is 2. The molecule has 0 N–H and O–H groups in total. The van der Waals surface area contributed by atoms with Crippen LogP contribution in [0.25, 0.3) is 0 Å². The van der Waals surface area contributed by atoms with Crippen molar-refractivity contribution in [1.29, 1.82) is 0 Å². The van der Waals surface area contributed by atoms with Crippen molar-refractivity contribution >= 4 is 23.2 Å². The van der Waals surface area contributed by atoms with Crippen molar-refractivity contribution in [3.05, 3.63) is 91.8 Å². The van der Waals surface area contributed by atoms with E-state index < -0.39 is 0 Å². The van der Waals surface area contributed by atoms with Crippen LogP contribution < -0.4 is 15.0 Å². The largest absolute Gasteiger partial charge is 0.490 e. The van der Waals surface area contributed by atoms with Crippen LogP contribution in [0.2, 0.25) is 10.0 Å². The molecule has 0 saturated heterocycles. The molecule has 152 valence electrons. The Balaban J connectivity index is 1.85. The number of halogens is 2. The maximum atomic E-state index is 12.7. The van der Waals surface area contributed by atoms with E-state index in [1.165, 1.54) is 11.6 Å². The lowest BCUT2D eigenvalue weighted by atomic mass is 10.1. The van der Waals surface area contributed by atoms with Crippen LogP contribution >= 0.6 is 23.2 Å². The zero-order valence-corrected chi connectivity index (χ0v) is 18.0. The van der Waals surface area contributed by atoms with Crippen molar-refractivity contribution in [2.24, 2.45) is 0 Å². The van der Waals surface area contributed by atoms with E-state index in [0.29, 0.717) is 41.8 Å². The maximum Gasteiger partial charge on any atom is 0.269 e. The first-order chi connectivity index (χ1) is 14.0. The van der Waals surface area contributed by atoms with E-state index in [2.05, 4.69) is 24.3 Å². The molecular formula is C23H23Cl2NO3. The molecule has 0 radical (unpaired) electrons. The Morgan fingerprint density at radius 1 is 0.931 bits per heavy atom. The first kappa shape index (κ1) is 21.3. The van der Waals surface area contributed by atoms with E-state index in [0.717, 1.165) is 5.56 Å². The van der Waals surface area contributed by atoms with Crippen molar-refractivity contribution in [2.45, 2.75) is 33.4 Å². The summed E-state index contributed by atoms with van der Waals surface area (Å²) in [5.41, 5.74) is 2.63. The number of benzene rings is 2. The summed E-state index contributed by atoms with van der Waals surface area (Å²) in [7, 11) is 0. The predicted octanol–water partition coefficient (Wildman–Crippen LogP) is 5.68. The van der Waals surface area contributed by atoms with Crippen molar-refractivity contribution in [2.75, 3.05) is 6.61 Å². The standard InChI is InChI=1S/C23H23Cl2NO3/c1-3-28-21-6-4-5-7-22(21)29-15-20-18(24)14-19(25)23(27)26(20)13-12-17-10-8-16(2)9-11-17/h4-11,14H,3,12-13,15H2,1-2H3. The molecule has 0 spiro atoms. The SMILES string of the molecule is CCOc1ccccc1OCc1c(Cl)cc(Cl)c(=O)n1CCc1ccc(C)cc1. The summed E-state index contributed by atoms with van der Waals surface area (Å²) in [6, 6.07) is 17.1. The number of rotatable bonds is 8. The van der Waals surface area contributed by atoms with Gasteiger partial charge in [0.25, 0.3) is 5.56 Å². The van der Waals surface area contributed by atoms with E-state index in [9.17, 15) is 4.79 Å². The third-order valence-electron chi connectivity index (χ3n) is 4.56. The minimum Gasteiger partial charge on any atom is -0.490 e. The second kappa shape index (κ2) is 9.86. The number of para-hydroxylation sites is 2. The molecule has 0 aliphatic carbocycles. The Kier molecular flexibility index (Phi) is 7.24. The monoisotopic (exact) mass is 431 g/mol. The van der Waals surface area contributed by atoms with Gasteiger partial charge in [0.05, 0.1) is 17.3 Å². The topological polar surface area (TPSA) is 40.5 Å². The molecule has 3 rings (SSSR count). The van der Waals surface area contributed by atoms with Gasteiger partial charge in [0.1, 0.15) is 11.6 Å². The Bertz CT molecular complexity index is 1030. The Morgan fingerprint density at radius 3 is 2.24 bits per heavy atom. The van der Waals surface area contributed by atoms with Gasteiger partial charge in [-0.25, -0.2) is 0 Å². The van der Waals surface area contributed by atoms with Gasteiger partial charge in [-0.15, -0.1) is 0 Å². The van der Waals surface area contributed by atoms with Crippen LogP contribution in [0.4, 0.5) is 0 Å². The first-order valence-electron chi connectivity index (χ1n) is 9.47. The molecule has 29 heavy (non-hydrogen) atoms. The van der Waals surface area contributed by atoms with Crippen LogP contribution in [0.1, 0.15) is 23.7 Å². The smallest absolute Gasteiger partial charge is 0.269 e. The number of nitrogens with zero attached hydrogens (tertiary/aromatic N) is 1. The first-order valence-corrected chi connectivity index (χ1v) is 10.2. The van der Waals surface area contributed by atoms with Gasteiger partial charge in [-0.2, -0.15) is 0 Å². The number of hydrogen-bond donors (Lipinski definition) is 0. The van der Waals surface area contributed by atoms with Crippen LogP contribution in [0.15, 0.2) is 59.4 Å². The molecule has 0 atom stereocenters. The van der Waals surface area contributed by atoms with Crippen LogP contribution in [-0.4, -0.2) is 11.2 Å². The highest BCUT2D eigenvalue weighted by molar-refractivity contribution is 6.34. The molecule has 2 aromatic carbocycles. The van der Waals surface area contributed by atoms with Crippen LogP contribution in [0.5, 0.6) is 11.5 Å². The Morgan fingerprint density at radius 2 is 1.59 bits per heavy atom. The molecular weight excluding hydrogens is 409 g/mol. The molecule has 4 nitrogen and oxygen atoms in total. The summed E-state index contributed by atoms with van der Waals surface area (Å²) in [5, 5.41) is 0.491. The van der Waals surface area contributed by atoms with Crippen molar-refractivity contribution in [3.63, 3.8) is 0 Å². The molecule has 0 amide bonds. The molecule has 0 saturated carbocycles. The van der Waals surface area contributed by atoms with Crippen LogP contribution in [0, 0.1) is 6.92 Å². The number of aromatic nitrogens is 1. The molecule has 3 aromatic rings. The van der Waals surface area contributed by atoms with Crippen molar-refractivity contribution in [1.82, 2.24) is 4.57 Å². The van der Waals surface area contributed by atoms with Gasteiger partial charge in [0.15, 0.2) is 11.5 Å². The third kappa shape index (κ3) is 5.34. The van der Waals surface area contributed by atoms with Gasteiger partial charge < -0.3 is 14.0 Å². The van der Waals surface area contributed by atoms with Crippen LogP contribution in [-0.2, 0) is 19.6 Å². The molecule has 0 fully saturated rings. The van der Waals surface area contributed by atoms with Gasteiger partial charge in [0.2, 0.25) is 0 Å². The quantitative estimate of drug-likeness (QED) is 0.460. The predicted molar refractivity (Wildman–Crippen MR) is 118 cm³/mol. The molecule has 0 bridgehead atoms. The highest BCUT2D eigenvalue weighted by Crippen LogP contribution is 2.28. The Hall–Kier alpha value is -2.43. The second-order valence-electron chi connectivity index (χ2n) is 6.65. The van der Waals surface area contributed by atoms with Gasteiger partial charge in [0, 0.05) is 6.54 Å². The lowest BCUT2D eigenvalue weighted by Gasteiger charge is -2.17. The zero-order valence-electron chi connectivity index (χ0n) is 16.5. The third-order valence-corrected chi connectivity index (χ3v) is 5.16. The minimum atomic E-state index is -0.278. The zero-order chi connectivity index (χ0) is 20.8. The van der Waals surface area contributed by atoms with Gasteiger partial charge in [-0.3, -0.25) is 4.79 Å². The average molecular weight is 432 g/mol. The lowest BCUT2D eigenvalue weighted by molar-refractivity contribution is 0.261. The summed E-state index contributed by atoms with van der Waals surface area (Å²) in [5.74, 6) is 1.24. The average Bonchev–Trinajstić information content (AvgIpc) is 2.71. The molecule has 6 heteroatoms. The van der Waals surface area contributed by atoms with E-state index in [1.807, 2.05) is 38.1 Å². The number of hydrogen-bond acceptors (Lipinski definition) is 3. The highest BCUT2D eigenvalue weighted by Gasteiger charge is 2.15. The fourth-order valence-electron chi connectivity index (χ4n) is 3.01. The fraction of sp³-hybridized carbons (Fsp3) is 0.261. The normalized spacial score (nSPS) is 10.8. The van der Waals surface area contributed by atoms with Gasteiger partial charge >= 0.3 is 0 Å². The molecule has 1 heterocycles. The summed E-state index contributed by atoms with van der Waals surface area (Å²) in [4.78, 5) is 12.7. The Labute approximate surface area is 180 Å². The summed E-state index contributed by atoms with van der Waals surface area (Å²) >= 11 is 12.5. The molecule has 1 aromatic heterocycles. The van der Waals surface area contributed by atoms with E-state index in [4.69, 9.17) is 32.7 Å². The van der Waals surface area contributed by atoms with E-state index in [-0.39, 0.29) is 17.2 Å². The van der Waals surface area contributed by atoms with Gasteiger partial charge in [-0.1, -0.05) is 65.2 Å². The van der Waals surface area contributed by atoms with E-state index >= 15 is 0 Å². The van der Waals surface area contributed by atoms with Crippen LogP contribution in [0.3, 0.4) is 0 Å². The fourth-order valence-corrected chi connectivity index (χ4v) is 3.54.